The number of amides is 1. The van der Waals surface area contributed by atoms with Crippen LogP contribution in [0.1, 0.15) is 39.2 Å². The van der Waals surface area contributed by atoms with E-state index in [1.54, 1.807) is 0 Å². The number of nitrogens with zero attached hydrogens (tertiary/aromatic N) is 1. The maximum absolute atomic E-state index is 13.7. The largest absolute Gasteiger partial charge is 0.454 e. The minimum atomic E-state index is -1.13. The highest BCUT2D eigenvalue weighted by Crippen LogP contribution is 2.69. The number of ketones is 1. The molecule has 166 valence electrons. The van der Waals surface area contributed by atoms with E-state index in [0.717, 1.165) is 17.7 Å². The molecule has 32 heavy (non-hydrogen) atoms. The zero-order valence-electron chi connectivity index (χ0n) is 18.5. The van der Waals surface area contributed by atoms with Crippen LogP contribution in [0.3, 0.4) is 0 Å². The van der Waals surface area contributed by atoms with Gasteiger partial charge in [0.2, 0.25) is 12.7 Å². The normalized spacial score (nSPS) is 28.2. The second-order valence-electron chi connectivity index (χ2n) is 9.50. The molecule has 5 rings (SSSR count). The van der Waals surface area contributed by atoms with Crippen molar-refractivity contribution < 1.29 is 19.1 Å². The number of hydrogen-bond acceptors (Lipinski definition) is 6. The quantitative estimate of drug-likeness (QED) is 0.552. The summed E-state index contributed by atoms with van der Waals surface area (Å²) >= 11 is 0. The Morgan fingerprint density at radius 1 is 1.03 bits per heavy atom. The number of ether oxygens (including phenoxy) is 2. The van der Waals surface area contributed by atoms with E-state index in [9.17, 15) is 9.59 Å². The van der Waals surface area contributed by atoms with Gasteiger partial charge in [0.1, 0.15) is 11.1 Å². The first kappa shape index (κ1) is 20.5. The monoisotopic (exact) mass is 433 g/mol. The molecule has 2 aromatic carbocycles. The van der Waals surface area contributed by atoms with Gasteiger partial charge in [-0.05, 0) is 48.1 Å². The highest BCUT2D eigenvalue weighted by molar-refractivity contribution is 6.50. The summed E-state index contributed by atoms with van der Waals surface area (Å²) in [6, 6.07) is 15.1. The third-order valence-corrected chi connectivity index (χ3v) is 7.92. The minimum Gasteiger partial charge on any atom is -0.454 e. The highest BCUT2D eigenvalue weighted by atomic mass is 16.7. The molecule has 2 aliphatic carbocycles. The van der Waals surface area contributed by atoms with E-state index in [1.807, 2.05) is 62.4 Å². The van der Waals surface area contributed by atoms with Gasteiger partial charge in [0, 0.05) is 12.0 Å². The molecule has 2 N–H and O–H groups in total. The van der Waals surface area contributed by atoms with Crippen molar-refractivity contribution in [3.05, 3.63) is 54.1 Å². The molecule has 7 heteroatoms. The van der Waals surface area contributed by atoms with Crippen LogP contribution in [0.2, 0.25) is 0 Å². The maximum Gasteiger partial charge on any atom is 0.234 e. The zero-order valence-corrected chi connectivity index (χ0v) is 18.5. The molecular formula is C25H27N3O4. The van der Waals surface area contributed by atoms with Crippen LogP contribution < -0.4 is 20.2 Å². The van der Waals surface area contributed by atoms with Gasteiger partial charge in [0.15, 0.2) is 17.3 Å². The van der Waals surface area contributed by atoms with Crippen molar-refractivity contribution in [3.63, 3.8) is 0 Å². The van der Waals surface area contributed by atoms with Gasteiger partial charge < -0.3 is 14.8 Å². The number of para-hydroxylation sites is 1. The third-order valence-electron chi connectivity index (χ3n) is 7.92. The Hall–Kier alpha value is -3.35. The van der Waals surface area contributed by atoms with Crippen LogP contribution in [0.15, 0.2) is 53.6 Å². The number of anilines is 1. The number of hydrogen-bond donors (Lipinski definition) is 2. The second-order valence-corrected chi connectivity index (χ2v) is 9.50. The van der Waals surface area contributed by atoms with Crippen LogP contribution in [0.25, 0.3) is 0 Å². The number of benzene rings is 2. The van der Waals surface area contributed by atoms with Gasteiger partial charge in [-0.1, -0.05) is 45.0 Å². The average Bonchev–Trinajstić information content (AvgIpc) is 3.37. The molecule has 3 aliphatic rings. The Labute approximate surface area is 187 Å². The molecule has 0 spiro atoms. The van der Waals surface area contributed by atoms with Gasteiger partial charge in [0.05, 0.1) is 5.69 Å². The molecule has 2 aromatic rings. The number of hydrazone groups is 1. The predicted octanol–water partition coefficient (Wildman–Crippen LogP) is 3.90. The lowest BCUT2D eigenvalue weighted by molar-refractivity contribution is -0.144. The molecule has 7 nitrogen and oxygen atoms in total. The topological polar surface area (TPSA) is 89.0 Å². The van der Waals surface area contributed by atoms with Gasteiger partial charge in [-0.15, -0.1) is 0 Å². The van der Waals surface area contributed by atoms with Crippen LogP contribution in [-0.2, 0) is 16.1 Å². The fourth-order valence-corrected chi connectivity index (χ4v) is 5.49. The standard InChI is InChI=1S/C25H27N3O4/c1-23(2)24(3)11-12-25(23,21(29)20(24)28-27-17-7-5-4-6-8-17)22(30)26-14-16-9-10-18-19(13-16)32-15-31-18/h4-10,13,27H,11-12,14-15H2,1-3H3,(H,26,30)/b28-20+. The third kappa shape index (κ3) is 2.70. The summed E-state index contributed by atoms with van der Waals surface area (Å²) in [6.45, 7) is 6.60. The predicted molar refractivity (Wildman–Crippen MR) is 120 cm³/mol. The van der Waals surface area contributed by atoms with Gasteiger partial charge >= 0.3 is 0 Å². The number of Topliss-reactive ketones (excluding diaryl/α,β-unsaturated/α-hetero) is 1. The summed E-state index contributed by atoms with van der Waals surface area (Å²) in [5, 5.41) is 7.53. The number of carbonyl (C=O) groups excluding carboxylic acids is 2. The van der Waals surface area contributed by atoms with E-state index in [1.165, 1.54) is 0 Å². The first-order valence-electron chi connectivity index (χ1n) is 10.9. The van der Waals surface area contributed by atoms with Gasteiger partial charge in [-0.25, -0.2) is 0 Å². The Morgan fingerprint density at radius 3 is 2.56 bits per heavy atom. The van der Waals surface area contributed by atoms with Crippen LogP contribution in [0, 0.1) is 16.2 Å². The Kier molecular flexibility index (Phi) is 4.55. The van der Waals surface area contributed by atoms with Crippen molar-refractivity contribution in [1.82, 2.24) is 5.32 Å². The Morgan fingerprint density at radius 2 is 1.78 bits per heavy atom. The first-order chi connectivity index (χ1) is 15.3. The summed E-state index contributed by atoms with van der Waals surface area (Å²) in [6.07, 6.45) is 1.26. The fourth-order valence-electron chi connectivity index (χ4n) is 5.49. The van der Waals surface area contributed by atoms with Crippen molar-refractivity contribution in [1.29, 1.82) is 0 Å². The van der Waals surface area contributed by atoms with Gasteiger partial charge in [0.25, 0.3) is 0 Å². The SMILES string of the molecule is CC12CCC(C(=O)NCc3ccc4c(c3)OCO4)(C(=O)/C1=N\Nc1ccccc1)C2(C)C. The van der Waals surface area contributed by atoms with Crippen molar-refractivity contribution in [2.45, 2.75) is 40.2 Å². The second kappa shape index (κ2) is 7.08. The lowest BCUT2D eigenvalue weighted by atomic mass is 9.64. The summed E-state index contributed by atoms with van der Waals surface area (Å²) in [4.78, 5) is 27.2. The van der Waals surface area contributed by atoms with E-state index >= 15 is 0 Å². The van der Waals surface area contributed by atoms with Crippen LogP contribution >= 0.6 is 0 Å². The molecule has 1 heterocycles. The van der Waals surface area contributed by atoms with Crippen molar-refractivity contribution in [3.8, 4) is 11.5 Å². The summed E-state index contributed by atoms with van der Waals surface area (Å²) in [5.74, 6) is 0.952. The lowest BCUT2D eigenvalue weighted by Gasteiger charge is -2.37. The van der Waals surface area contributed by atoms with E-state index in [0.29, 0.717) is 30.2 Å². The average molecular weight is 434 g/mol. The lowest BCUT2D eigenvalue weighted by Crippen LogP contribution is -2.50. The number of nitrogens with one attached hydrogen (secondary N) is 2. The molecule has 2 atom stereocenters. The summed E-state index contributed by atoms with van der Waals surface area (Å²) in [7, 11) is 0. The summed E-state index contributed by atoms with van der Waals surface area (Å²) < 4.78 is 10.8. The first-order valence-corrected chi connectivity index (χ1v) is 10.9. The van der Waals surface area contributed by atoms with E-state index in [2.05, 4.69) is 22.8 Å². The molecule has 1 amide bonds. The maximum atomic E-state index is 13.7. The number of rotatable bonds is 5. The van der Waals surface area contributed by atoms with Crippen molar-refractivity contribution >= 4 is 23.1 Å². The smallest absolute Gasteiger partial charge is 0.234 e. The summed E-state index contributed by atoms with van der Waals surface area (Å²) in [5.41, 5.74) is 2.99. The molecular weight excluding hydrogens is 406 g/mol. The van der Waals surface area contributed by atoms with E-state index in [4.69, 9.17) is 9.47 Å². The van der Waals surface area contributed by atoms with Crippen molar-refractivity contribution in [2.24, 2.45) is 21.3 Å². The molecule has 0 radical (unpaired) electrons. The molecule has 2 fully saturated rings. The fraction of sp³-hybridized carbons (Fsp3) is 0.400. The Balaban J connectivity index is 1.40. The van der Waals surface area contributed by atoms with E-state index in [-0.39, 0.29) is 18.5 Å². The van der Waals surface area contributed by atoms with Gasteiger partial charge in [-0.2, -0.15) is 5.10 Å². The minimum absolute atomic E-state index is 0.178. The van der Waals surface area contributed by atoms with E-state index < -0.39 is 16.2 Å². The van der Waals surface area contributed by atoms with Crippen LogP contribution in [-0.4, -0.2) is 24.2 Å². The molecule has 2 bridgehead atoms. The molecule has 2 unspecified atom stereocenters. The van der Waals surface area contributed by atoms with Crippen LogP contribution in [0.5, 0.6) is 11.5 Å². The number of fused-ring (bicyclic) bond motifs is 3. The highest BCUT2D eigenvalue weighted by Gasteiger charge is 2.76. The Bertz CT molecular complexity index is 1130. The molecule has 1 aliphatic heterocycles. The molecule has 0 saturated heterocycles. The molecule has 2 saturated carbocycles. The van der Waals surface area contributed by atoms with Gasteiger partial charge in [-0.3, -0.25) is 15.0 Å². The zero-order chi connectivity index (χ0) is 22.6. The van der Waals surface area contributed by atoms with Crippen LogP contribution in [0.4, 0.5) is 5.69 Å². The molecule has 0 aromatic heterocycles. The number of carbonyl (C=O) groups is 2. The van der Waals surface area contributed by atoms with Crippen molar-refractivity contribution in [2.75, 3.05) is 12.2 Å².